The average Bonchev–Trinajstić information content (AvgIpc) is 1.38. The number of hydrogen-bond donors (Lipinski definition) is 0. The molecular formula is C4H10KN. The van der Waals surface area contributed by atoms with Crippen LogP contribution in [-0.4, -0.2) is 18.5 Å². The van der Waals surface area contributed by atoms with Crippen LogP contribution in [0.5, 0.6) is 0 Å². The molecule has 0 radical (unpaired) electrons. The molecule has 0 aromatic rings. The summed E-state index contributed by atoms with van der Waals surface area (Å²) in [6.07, 6.45) is 0. The van der Waals surface area contributed by atoms with E-state index in [0.717, 1.165) is 6.54 Å². The van der Waals surface area contributed by atoms with Crippen LogP contribution >= 0.6 is 0 Å². The summed E-state index contributed by atoms with van der Waals surface area (Å²) in [5.74, 6) is 0. The van der Waals surface area contributed by atoms with Crippen LogP contribution in [0.15, 0.2) is 0 Å². The van der Waals surface area contributed by atoms with Crippen LogP contribution in [-0.2, 0) is 0 Å². The van der Waals surface area contributed by atoms with Crippen molar-refractivity contribution >= 4 is 0 Å². The molecule has 0 spiro atoms. The van der Waals surface area contributed by atoms with Gasteiger partial charge in [0.1, 0.15) is 0 Å². The molecule has 0 aliphatic rings. The maximum Gasteiger partial charge on any atom is 1.00 e. The largest absolute Gasteiger partial charge is 1.00 e. The van der Waals surface area contributed by atoms with Crippen LogP contribution in [0.1, 0.15) is 6.92 Å². The minimum atomic E-state index is 0. The second-order valence-electron chi connectivity index (χ2n) is 1.17. The van der Waals surface area contributed by atoms with E-state index in [2.05, 4.69) is 14.0 Å². The predicted molar refractivity (Wildman–Crippen MR) is 23.7 cm³/mol. The number of rotatable bonds is 1. The van der Waals surface area contributed by atoms with Crippen molar-refractivity contribution in [1.29, 1.82) is 0 Å². The Morgan fingerprint density at radius 2 is 1.83 bits per heavy atom. The molecule has 0 rings (SSSR count). The van der Waals surface area contributed by atoms with Gasteiger partial charge in [0, 0.05) is 0 Å². The van der Waals surface area contributed by atoms with Crippen molar-refractivity contribution in [2.24, 2.45) is 0 Å². The van der Waals surface area contributed by atoms with Gasteiger partial charge in [-0.25, -0.2) is 0 Å². The Balaban J connectivity index is 0. The Kier molecular flexibility index (Phi) is 11.6. The van der Waals surface area contributed by atoms with Crippen molar-refractivity contribution in [3.63, 3.8) is 0 Å². The molecule has 0 saturated heterocycles. The van der Waals surface area contributed by atoms with Crippen LogP contribution in [0.3, 0.4) is 0 Å². The molecule has 0 aromatic heterocycles. The molecule has 0 fully saturated rings. The molecule has 0 aliphatic heterocycles. The van der Waals surface area contributed by atoms with E-state index in [1.807, 2.05) is 11.9 Å². The second kappa shape index (κ2) is 6.60. The minimum absolute atomic E-state index is 0. The summed E-state index contributed by atoms with van der Waals surface area (Å²) in [5.41, 5.74) is 0. The zero-order chi connectivity index (χ0) is 4.28. The summed E-state index contributed by atoms with van der Waals surface area (Å²) < 4.78 is 0. The third-order valence-corrected chi connectivity index (χ3v) is 0.540. The third-order valence-electron chi connectivity index (χ3n) is 0.540. The van der Waals surface area contributed by atoms with E-state index in [4.69, 9.17) is 0 Å². The molecule has 0 aliphatic carbocycles. The Morgan fingerprint density at radius 1 is 1.67 bits per heavy atom. The van der Waals surface area contributed by atoms with Gasteiger partial charge in [-0.15, -0.1) is 0 Å². The summed E-state index contributed by atoms with van der Waals surface area (Å²) in [6, 6.07) is 0. The Bertz CT molecular complexity index is 21.5. The summed E-state index contributed by atoms with van der Waals surface area (Å²) in [4.78, 5) is 1.88. The van der Waals surface area contributed by atoms with Crippen LogP contribution in [0.4, 0.5) is 0 Å². The average molecular weight is 111 g/mol. The maximum atomic E-state index is 3.59. The number of hydrogen-bond acceptors (Lipinski definition) is 1. The van der Waals surface area contributed by atoms with E-state index in [-0.39, 0.29) is 51.4 Å². The molecule has 0 bridgehead atoms. The molecule has 0 N–H and O–H groups in total. The number of nitrogens with zero attached hydrogens (tertiary/aromatic N) is 1. The van der Waals surface area contributed by atoms with E-state index in [0.29, 0.717) is 0 Å². The molecule has 6 heavy (non-hydrogen) atoms. The Morgan fingerprint density at radius 3 is 1.83 bits per heavy atom. The first-order valence-electron chi connectivity index (χ1n) is 1.79. The van der Waals surface area contributed by atoms with Gasteiger partial charge in [0.25, 0.3) is 0 Å². The molecule has 0 unspecified atom stereocenters. The monoisotopic (exact) mass is 111 g/mol. The van der Waals surface area contributed by atoms with Gasteiger partial charge in [-0.1, -0.05) is 6.92 Å². The topological polar surface area (TPSA) is 3.24 Å². The third kappa shape index (κ3) is 9.14. The molecule has 0 heterocycles. The molecule has 0 aromatic carbocycles. The van der Waals surface area contributed by atoms with Crippen molar-refractivity contribution in [3.8, 4) is 0 Å². The zero-order valence-corrected chi connectivity index (χ0v) is 7.98. The second-order valence-corrected chi connectivity index (χ2v) is 1.17. The zero-order valence-electron chi connectivity index (χ0n) is 4.86. The fraction of sp³-hybridized carbons (Fsp3) is 0.750. The molecule has 2 heteroatoms. The standard InChI is InChI=1S/C4H10N.K/c1-4-5(2)3;/h2,4H2,1,3H3;/q-1;+1. The molecule has 32 valence electrons. The predicted octanol–water partition coefficient (Wildman–Crippen LogP) is -2.27. The Hall–Kier alpha value is 1.60. The fourth-order valence-corrected chi connectivity index (χ4v) is 0. The summed E-state index contributed by atoms with van der Waals surface area (Å²) in [6.45, 7) is 3.09. The smallest absolute Gasteiger partial charge is 0.462 e. The van der Waals surface area contributed by atoms with Gasteiger partial charge < -0.3 is 4.90 Å². The first kappa shape index (κ1) is 10.6. The summed E-state index contributed by atoms with van der Waals surface area (Å²) in [5, 5.41) is 0. The van der Waals surface area contributed by atoms with E-state index in [1.54, 1.807) is 0 Å². The fourth-order valence-electron chi connectivity index (χ4n) is 0. The normalized spacial score (nSPS) is 8.00. The summed E-state index contributed by atoms with van der Waals surface area (Å²) in [7, 11) is 5.53. The van der Waals surface area contributed by atoms with Crippen LogP contribution in [0.25, 0.3) is 0 Å². The van der Waals surface area contributed by atoms with Gasteiger partial charge in [0.05, 0.1) is 0 Å². The molecule has 0 atom stereocenters. The molecular weight excluding hydrogens is 101 g/mol. The minimum Gasteiger partial charge on any atom is -0.462 e. The van der Waals surface area contributed by atoms with Gasteiger partial charge in [-0.05, 0) is 13.6 Å². The summed E-state index contributed by atoms with van der Waals surface area (Å²) >= 11 is 0. The van der Waals surface area contributed by atoms with Crippen LogP contribution < -0.4 is 51.4 Å². The van der Waals surface area contributed by atoms with Crippen molar-refractivity contribution in [1.82, 2.24) is 4.90 Å². The van der Waals surface area contributed by atoms with Gasteiger partial charge in [0.2, 0.25) is 0 Å². The van der Waals surface area contributed by atoms with E-state index >= 15 is 0 Å². The van der Waals surface area contributed by atoms with E-state index in [1.165, 1.54) is 0 Å². The van der Waals surface area contributed by atoms with Crippen LogP contribution in [0.2, 0.25) is 0 Å². The first-order chi connectivity index (χ1) is 2.27. The van der Waals surface area contributed by atoms with Crippen molar-refractivity contribution in [3.05, 3.63) is 7.05 Å². The van der Waals surface area contributed by atoms with E-state index < -0.39 is 0 Å². The van der Waals surface area contributed by atoms with Crippen molar-refractivity contribution in [2.75, 3.05) is 13.6 Å². The van der Waals surface area contributed by atoms with Gasteiger partial charge in [-0.2, -0.15) is 0 Å². The maximum absolute atomic E-state index is 3.59. The Labute approximate surface area is 82.5 Å². The molecule has 0 amide bonds. The molecule has 0 saturated carbocycles. The van der Waals surface area contributed by atoms with Gasteiger partial charge >= 0.3 is 51.4 Å². The quantitative estimate of drug-likeness (QED) is 0.272. The van der Waals surface area contributed by atoms with E-state index in [9.17, 15) is 0 Å². The van der Waals surface area contributed by atoms with Gasteiger partial charge in [0.15, 0.2) is 0 Å². The first-order valence-corrected chi connectivity index (χ1v) is 1.79. The molecule has 1 nitrogen and oxygen atoms in total. The van der Waals surface area contributed by atoms with Gasteiger partial charge in [-0.3, -0.25) is 7.05 Å². The van der Waals surface area contributed by atoms with Crippen molar-refractivity contribution < 1.29 is 51.4 Å². The SMILES string of the molecule is [CH2-]N(C)CC.[K+]. The van der Waals surface area contributed by atoms with Crippen molar-refractivity contribution in [2.45, 2.75) is 6.92 Å². The van der Waals surface area contributed by atoms with Crippen LogP contribution in [0, 0.1) is 7.05 Å².